The summed E-state index contributed by atoms with van der Waals surface area (Å²) in [7, 11) is 0. The molecule has 1 aliphatic carbocycles. The molecule has 0 fully saturated rings. The number of halogens is 2. The first-order valence-electron chi connectivity index (χ1n) is 5.92. The van der Waals surface area contributed by atoms with E-state index in [1.165, 1.54) is 12.1 Å². The molecule has 3 heteroatoms. The molecule has 0 aliphatic heterocycles. The molecule has 0 spiro atoms. The fourth-order valence-electron chi connectivity index (χ4n) is 1.93. The van der Waals surface area contributed by atoms with Crippen LogP contribution >= 0.6 is 0 Å². The van der Waals surface area contributed by atoms with Crippen LogP contribution < -0.4 is 0 Å². The average Bonchev–Trinajstić information content (AvgIpc) is 2.90. The van der Waals surface area contributed by atoms with Crippen molar-refractivity contribution in [1.29, 1.82) is 0 Å². The summed E-state index contributed by atoms with van der Waals surface area (Å²) < 4.78 is 27.5. The standard InChI is InChI=1S/C15H14F2O/c16-15(17,11-10-12-6-4-5-7-12)14(18)13-8-2-1-3-9-13/h1-9,12H,10-11H2. The summed E-state index contributed by atoms with van der Waals surface area (Å²) in [6.45, 7) is 0. The fourth-order valence-corrected chi connectivity index (χ4v) is 1.93. The van der Waals surface area contributed by atoms with Crippen molar-refractivity contribution >= 4 is 5.78 Å². The molecule has 94 valence electrons. The summed E-state index contributed by atoms with van der Waals surface area (Å²) in [5, 5.41) is 0. The van der Waals surface area contributed by atoms with Gasteiger partial charge in [-0.25, -0.2) is 0 Å². The number of Topliss-reactive ketones (excluding diaryl/α,β-unsaturated/α-hetero) is 1. The average molecular weight is 248 g/mol. The molecule has 0 aromatic heterocycles. The van der Waals surface area contributed by atoms with Gasteiger partial charge in [0.2, 0.25) is 5.78 Å². The number of benzene rings is 1. The van der Waals surface area contributed by atoms with Gasteiger partial charge in [-0.15, -0.1) is 0 Å². The van der Waals surface area contributed by atoms with E-state index in [2.05, 4.69) is 0 Å². The van der Waals surface area contributed by atoms with Crippen molar-refractivity contribution in [2.24, 2.45) is 5.92 Å². The quantitative estimate of drug-likeness (QED) is 0.719. The number of hydrogen-bond acceptors (Lipinski definition) is 1. The molecule has 1 aliphatic rings. The Morgan fingerprint density at radius 2 is 1.72 bits per heavy atom. The van der Waals surface area contributed by atoms with Gasteiger partial charge in [-0.3, -0.25) is 4.79 Å². The molecule has 1 aromatic rings. The number of carbonyl (C=O) groups is 1. The van der Waals surface area contributed by atoms with Gasteiger partial charge in [0.15, 0.2) is 0 Å². The van der Waals surface area contributed by atoms with Gasteiger partial charge in [0.25, 0.3) is 0 Å². The first-order chi connectivity index (χ1) is 8.59. The lowest BCUT2D eigenvalue weighted by Crippen LogP contribution is -2.29. The monoisotopic (exact) mass is 248 g/mol. The van der Waals surface area contributed by atoms with E-state index in [-0.39, 0.29) is 11.5 Å². The second-order valence-corrected chi connectivity index (χ2v) is 4.37. The summed E-state index contributed by atoms with van der Waals surface area (Å²) in [5.41, 5.74) is 0.0695. The second-order valence-electron chi connectivity index (χ2n) is 4.37. The highest BCUT2D eigenvalue weighted by Crippen LogP contribution is 2.29. The molecule has 1 aromatic carbocycles. The van der Waals surface area contributed by atoms with Gasteiger partial charge in [-0.2, -0.15) is 8.78 Å². The Kier molecular flexibility index (Phi) is 3.70. The van der Waals surface area contributed by atoms with Crippen molar-refractivity contribution in [2.75, 3.05) is 0 Å². The Hall–Kier alpha value is -1.77. The van der Waals surface area contributed by atoms with Crippen LogP contribution in [0.2, 0.25) is 0 Å². The smallest absolute Gasteiger partial charge is 0.287 e. The third kappa shape index (κ3) is 2.92. The lowest BCUT2D eigenvalue weighted by molar-refractivity contribution is 0.00282. The van der Waals surface area contributed by atoms with Gasteiger partial charge in [-0.1, -0.05) is 54.6 Å². The van der Waals surface area contributed by atoms with Crippen LogP contribution in [-0.4, -0.2) is 11.7 Å². The normalized spacial score (nSPS) is 15.2. The summed E-state index contributed by atoms with van der Waals surface area (Å²) in [4.78, 5) is 11.7. The molecule has 0 saturated heterocycles. The van der Waals surface area contributed by atoms with Crippen molar-refractivity contribution in [2.45, 2.75) is 18.8 Å². The van der Waals surface area contributed by atoms with Crippen LogP contribution in [0.15, 0.2) is 54.6 Å². The second kappa shape index (κ2) is 5.25. The van der Waals surface area contributed by atoms with Gasteiger partial charge in [0.05, 0.1) is 0 Å². The Morgan fingerprint density at radius 3 is 2.33 bits per heavy atom. The predicted molar refractivity (Wildman–Crippen MR) is 66.7 cm³/mol. The van der Waals surface area contributed by atoms with Gasteiger partial charge in [-0.05, 0) is 12.3 Å². The minimum atomic E-state index is -3.29. The zero-order chi connectivity index (χ0) is 13.0. The Morgan fingerprint density at radius 1 is 1.11 bits per heavy atom. The first-order valence-corrected chi connectivity index (χ1v) is 5.92. The van der Waals surface area contributed by atoms with Gasteiger partial charge >= 0.3 is 5.92 Å². The van der Waals surface area contributed by atoms with Crippen LogP contribution in [0.1, 0.15) is 23.2 Å². The summed E-state index contributed by atoms with van der Waals surface area (Å²) in [6.07, 6.45) is 7.27. The maximum atomic E-state index is 13.8. The van der Waals surface area contributed by atoms with Crippen molar-refractivity contribution < 1.29 is 13.6 Å². The van der Waals surface area contributed by atoms with Gasteiger partial charge < -0.3 is 0 Å². The van der Waals surface area contributed by atoms with E-state index in [1.54, 1.807) is 18.2 Å². The van der Waals surface area contributed by atoms with Crippen LogP contribution in [0.4, 0.5) is 8.78 Å². The number of allylic oxidation sites excluding steroid dienone is 4. The number of hydrogen-bond donors (Lipinski definition) is 0. The highest BCUT2D eigenvalue weighted by molar-refractivity contribution is 6.01. The molecule has 0 saturated carbocycles. The zero-order valence-corrected chi connectivity index (χ0v) is 9.85. The molecule has 18 heavy (non-hydrogen) atoms. The van der Waals surface area contributed by atoms with Crippen LogP contribution in [0.25, 0.3) is 0 Å². The summed E-state index contributed by atoms with van der Waals surface area (Å²) >= 11 is 0. The van der Waals surface area contributed by atoms with Crippen LogP contribution in [-0.2, 0) is 0 Å². The third-order valence-corrected chi connectivity index (χ3v) is 2.99. The minimum Gasteiger partial charge on any atom is -0.287 e. The molecule has 0 bridgehead atoms. The van der Waals surface area contributed by atoms with Crippen molar-refractivity contribution in [3.8, 4) is 0 Å². The highest BCUT2D eigenvalue weighted by atomic mass is 19.3. The highest BCUT2D eigenvalue weighted by Gasteiger charge is 2.38. The fraction of sp³-hybridized carbons (Fsp3) is 0.267. The summed E-state index contributed by atoms with van der Waals surface area (Å²) in [5.74, 6) is -4.35. The number of rotatable bonds is 5. The van der Waals surface area contributed by atoms with E-state index in [1.807, 2.05) is 24.3 Å². The molecule has 0 atom stereocenters. The van der Waals surface area contributed by atoms with E-state index in [4.69, 9.17) is 0 Å². The predicted octanol–water partition coefficient (Wildman–Crippen LogP) is 4.03. The molecule has 1 nitrogen and oxygen atoms in total. The Balaban J connectivity index is 1.99. The summed E-state index contributed by atoms with van der Waals surface area (Å²) in [6, 6.07) is 7.72. The molecule has 0 unspecified atom stereocenters. The molecule has 0 amide bonds. The lowest BCUT2D eigenvalue weighted by Gasteiger charge is -2.16. The molecular formula is C15H14F2O. The molecular weight excluding hydrogens is 234 g/mol. The Bertz CT molecular complexity index is 463. The van der Waals surface area contributed by atoms with Crippen LogP contribution in [0, 0.1) is 5.92 Å². The number of ketones is 1. The molecule has 0 heterocycles. The van der Waals surface area contributed by atoms with E-state index in [0.29, 0.717) is 6.42 Å². The van der Waals surface area contributed by atoms with E-state index in [9.17, 15) is 13.6 Å². The van der Waals surface area contributed by atoms with Crippen LogP contribution in [0.5, 0.6) is 0 Å². The maximum Gasteiger partial charge on any atom is 0.309 e. The largest absolute Gasteiger partial charge is 0.309 e. The molecule has 0 N–H and O–H groups in total. The van der Waals surface area contributed by atoms with Crippen molar-refractivity contribution in [3.63, 3.8) is 0 Å². The lowest BCUT2D eigenvalue weighted by atomic mass is 9.97. The van der Waals surface area contributed by atoms with E-state index < -0.39 is 18.1 Å². The van der Waals surface area contributed by atoms with Gasteiger partial charge in [0, 0.05) is 12.0 Å². The third-order valence-electron chi connectivity index (χ3n) is 2.99. The van der Waals surface area contributed by atoms with Gasteiger partial charge in [0.1, 0.15) is 0 Å². The minimum absolute atomic E-state index is 0.0273. The van der Waals surface area contributed by atoms with E-state index in [0.717, 1.165) is 0 Å². The van der Waals surface area contributed by atoms with E-state index >= 15 is 0 Å². The van der Waals surface area contributed by atoms with Crippen molar-refractivity contribution in [3.05, 3.63) is 60.2 Å². The zero-order valence-electron chi connectivity index (χ0n) is 9.85. The SMILES string of the molecule is O=C(c1ccccc1)C(F)(F)CCC1C=CC=C1. The maximum absolute atomic E-state index is 13.8. The first kappa shape index (κ1) is 12.7. The number of alkyl halides is 2. The molecule has 2 rings (SSSR count). The topological polar surface area (TPSA) is 17.1 Å². The van der Waals surface area contributed by atoms with Crippen LogP contribution in [0.3, 0.4) is 0 Å². The Labute approximate surface area is 105 Å². The molecule has 0 radical (unpaired) electrons. The van der Waals surface area contributed by atoms with Crippen molar-refractivity contribution in [1.82, 2.24) is 0 Å². The number of carbonyl (C=O) groups excluding carboxylic acids is 1.